The normalized spacial score (nSPS) is 69.0. The Balaban J connectivity index is 1.83. The summed E-state index contributed by atoms with van der Waals surface area (Å²) in [6.07, 6.45) is 3.06. The second kappa shape index (κ2) is 1.44. The van der Waals surface area contributed by atoms with Gasteiger partial charge in [0.2, 0.25) is 0 Å². The zero-order chi connectivity index (χ0) is 6.88. The Bertz CT molecular complexity index is 169. The lowest BCUT2D eigenvalue weighted by molar-refractivity contribution is 0.428. The summed E-state index contributed by atoms with van der Waals surface area (Å²) < 4.78 is 0. The quantitative estimate of drug-likeness (QED) is 0.519. The zero-order valence-electron chi connectivity index (χ0n) is 6.88. The highest BCUT2D eigenvalue weighted by Gasteiger charge is 2.70. The van der Waals surface area contributed by atoms with E-state index in [0.29, 0.717) is 0 Å². The summed E-state index contributed by atoms with van der Waals surface area (Å²) in [5, 5.41) is 0. The van der Waals surface area contributed by atoms with E-state index < -0.39 is 0 Å². The number of fused-ring (bicyclic) bond motifs is 3. The van der Waals surface area contributed by atoms with E-state index in [4.69, 9.17) is 0 Å². The van der Waals surface area contributed by atoms with E-state index in [1.807, 2.05) is 0 Å². The minimum atomic E-state index is 1.11. The third-order valence-corrected chi connectivity index (χ3v) is 4.43. The second-order valence-electron chi connectivity index (χ2n) is 4.65. The molecule has 0 radical (unpaired) electrons. The third kappa shape index (κ3) is 0.436. The second-order valence-corrected chi connectivity index (χ2v) is 4.65. The van der Waals surface area contributed by atoms with Gasteiger partial charge < -0.3 is 0 Å². The average Bonchev–Trinajstić information content (AvgIpc) is 2.80. The van der Waals surface area contributed by atoms with Crippen LogP contribution in [0.1, 0.15) is 26.7 Å². The van der Waals surface area contributed by atoms with Gasteiger partial charge in [-0.25, -0.2) is 0 Å². The molecule has 0 aliphatic heterocycles. The molecule has 3 saturated carbocycles. The summed E-state index contributed by atoms with van der Waals surface area (Å²) in [5.41, 5.74) is 0. The lowest BCUT2D eigenvalue weighted by Gasteiger charge is -2.06. The molecule has 3 rings (SSSR count). The smallest absolute Gasteiger partial charge is 0.0318 e. The monoisotopic (exact) mass is 136 g/mol. The first-order chi connectivity index (χ1) is 4.84. The van der Waals surface area contributed by atoms with Gasteiger partial charge in [-0.05, 0) is 41.9 Å². The van der Waals surface area contributed by atoms with Crippen LogP contribution < -0.4 is 0 Å². The van der Waals surface area contributed by atoms with Crippen molar-refractivity contribution in [2.24, 2.45) is 35.5 Å². The molecule has 6 atom stereocenters. The third-order valence-electron chi connectivity index (χ3n) is 4.43. The standard InChI is InChI=1S/C10H16/c1-3-6-9-5(2)7-4-8(7)10(6)9/h5-10H,3-4H2,1-2H3. The number of hydrogen-bond acceptors (Lipinski definition) is 0. The molecule has 0 amide bonds. The van der Waals surface area contributed by atoms with Gasteiger partial charge in [0.25, 0.3) is 0 Å². The van der Waals surface area contributed by atoms with Crippen LogP contribution in [0.2, 0.25) is 0 Å². The Morgan fingerprint density at radius 3 is 2.50 bits per heavy atom. The molecule has 10 heavy (non-hydrogen) atoms. The van der Waals surface area contributed by atoms with Crippen LogP contribution in [0.15, 0.2) is 0 Å². The Labute approximate surface area is 63.0 Å². The summed E-state index contributed by atoms with van der Waals surface area (Å²) in [7, 11) is 0. The Kier molecular flexibility index (Phi) is 0.810. The molecule has 3 aliphatic carbocycles. The first-order valence-electron chi connectivity index (χ1n) is 4.84. The highest BCUT2D eigenvalue weighted by atomic mass is 14.7. The largest absolute Gasteiger partial charge is 0.0651 e. The molecule has 0 saturated heterocycles. The molecule has 0 aromatic heterocycles. The van der Waals surface area contributed by atoms with Crippen LogP contribution in [-0.2, 0) is 0 Å². The van der Waals surface area contributed by atoms with E-state index in [2.05, 4.69) is 13.8 Å². The average molecular weight is 136 g/mol. The van der Waals surface area contributed by atoms with Crippen LogP contribution in [0, 0.1) is 35.5 Å². The fourth-order valence-electron chi connectivity index (χ4n) is 3.88. The van der Waals surface area contributed by atoms with Crippen molar-refractivity contribution in [3.05, 3.63) is 0 Å². The van der Waals surface area contributed by atoms with Crippen molar-refractivity contribution in [1.82, 2.24) is 0 Å². The van der Waals surface area contributed by atoms with Crippen LogP contribution in [0.4, 0.5) is 0 Å². The van der Waals surface area contributed by atoms with Gasteiger partial charge in [-0.15, -0.1) is 0 Å². The first-order valence-corrected chi connectivity index (χ1v) is 4.84. The van der Waals surface area contributed by atoms with Crippen LogP contribution >= 0.6 is 0 Å². The van der Waals surface area contributed by atoms with Crippen LogP contribution in [0.25, 0.3) is 0 Å². The van der Waals surface area contributed by atoms with Crippen LogP contribution in [0.3, 0.4) is 0 Å². The summed E-state index contributed by atoms with van der Waals surface area (Å²) >= 11 is 0. The van der Waals surface area contributed by atoms with Gasteiger partial charge in [-0.3, -0.25) is 0 Å². The molecule has 0 N–H and O–H groups in total. The lowest BCUT2D eigenvalue weighted by atomic mass is 9.99. The molecule has 56 valence electrons. The summed E-state index contributed by atoms with van der Waals surface area (Å²) in [4.78, 5) is 0. The highest BCUT2D eigenvalue weighted by molar-refractivity contribution is 5.18. The van der Waals surface area contributed by atoms with Gasteiger partial charge in [0.05, 0.1) is 0 Å². The first kappa shape index (κ1) is 5.62. The molecule has 3 aliphatic rings. The minimum Gasteiger partial charge on any atom is -0.0651 e. The van der Waals surface area contributed by atoms with Gasteiger partial charge in [-0.1, -0.05) is 20.3 Å². The minimum absolute atomic E-state index is 1.11. The molecule has 0 nitrogen and oxygen atoms in total. The summed E-state index contributed by atoms with van der Waals surface area (Å²) in [6.45, 7) is 4.86. The highest BCUT2D eigenvalue weighted by Crippen LogP contribution is 2.75. The predicted molar refractivity (Wildman–Crippen MR) is 41.5 cm³/mol. The van der Waals surface area contributed by atoms with Crippen molar-refractivity contribution in [2.45, 2.75) is 26.7 Å². The maximum atomic E-state index is 2.49. The predicted octanol–water partition coefficient (Wildman–Crippen LogP) is 2.54. The van der Waals surface area contributed by atoms with Crippen molar-refractivity contribution in [3.63, 3.8) is 0 Å². The maximum absolute atomic E-state index is 2.49. The molecule has 3 fully saturated rings. The zero-order valence-corrected chi connectivity index (χ0v) is 6.88. The maximum Gasteiger partial charge on any atom is -0.0318 e. The SMILES string of the molecule is CCC1C2C(C)C3CC3C12. The molecular formula is C10H16. The lowest BCUT2D eigenvalue weighted by Crippen LogP contribution is -1.99. The van der Waals surface area contributed by atoms with E-state index in [1.54, 1.807) is 6.42 Å². The van der Waals surface area contributed by atoms with Crippen molar-refractivity contribution in [3.8, 4) is 0 Å². The molecule has 0 aromatic carbocycles. The Hall–Kier alpha value is 0. The van der Waals surface area contributed by atoms with Crippen molar-refractivity contribution >= 4 is 0 Å². The van der Waals surface area contributed by atoms with Crippen LogP contribution in [-0.4, -0.2) is 0 Å². The summed E-state index contributed by atoms with van der Waals surface area (Å²) in [6, 6.07) is 0. The van der Waals surface area contributed by atoms with Gasteiger partial charge in [-0.2, -0.15) is 0 Å². The van der Waals surface area contributed by atoms with E-state index in [1.165, 1.54) is 36.0 Å². The van der Waals surface area contributed by atoms with Crippen molar-refractivity contribution in [2.75, 3.05) is 0 Å². The molecular weight excluding hydrogens is 120 g/mol. The number of rotatable bonds is 1. The topological polar surface area (TPSA) is 0 Å². The van der Waals surface area contributed by atoms with E-state index in [9.17, 15) is 0 Å². The molecule has 0 spiro atoms. The van der Waals surface area contributed by atoms with Crippen LogP contribution in [0.5, 0.6) is 0 Å². The molecule has 6 unspecified atom stereocenters. The Morgan fingerprint density at radius 2 is 2.00 bits per heavy atom. The molecule has 0 bridgehead atoms. The van der Waals surface area contributed by atoms with Gasteiger partial charge in [0, 0.05) is 0 Å². The van der Waals surface area contributed by atoms with Crippen molar-refractivity contribution < 1.29 is 0 Å². The van der Waals surface area contributed by atoms with E-state index in [-0.39, 0.29) is 0 Å². The molecule has 0 aromatic rings. The molecule has 0 heterocycles. The molecule has 0 heteroatoms. The number of hydrogen-bond donors (Lipinski definition) is 0. The van der Waals surface area contributed by atoms with Gasteiger partial charge in [0.1, 0.15) is 0 Å². The Morgan fingerprint density at radius 1 is 1.20 bits per heavy atom. The van der Waals surface area contributed by atoms with E-state index >= 15 is 0 Å². The summed E-state index contributed by atoms with van der Waals surface area (Å²) in [5.74, 6) is 7.08. The van der Waals surface area contributed by atoms with E-state index in [0.717, 1.165) is 5.92 Å². The fourth-order valence-corrected chi connectivity index (χ4v) is 3.88. The fraction of sp³-hybridized carbons (Fsp3) is 1.00. The van der Waals surface area contributed by atoms with Gasteiger partial charge >= 0.3 is 0 Å². The van der Waals surface area contributed by atoms with Gasteiger partial charge in [0.15, 0.2) is 0 Å². The van der Waals surface area contributed by atoms with Crippen molar-refractivity contribution in [1.29, 1.82) is 0 Å².